The molecule has 0 saturated carbocycles. The van der Waals surface area contributed by atoms with Crippen LogP contribution in [-0.2, 0) is 9.53 Å². The molecule has 1 amide bonds. The number of carbonyl (C=O) groups excluding carboxylic acids is 2. The third kappa shape index (κ3) is 5.25. The summed E-state index contributed by atoms with van der Waals surface area (Å²) in [7, 11) is 0. The first-order chi connectivity index (χ1) is 13.8. The number of nitrogens with one attached hydrogen (secondary N) is 3. The summed E-state index contributed by atoms with van der Waals surface area (Å²) in [5, 5.41) is 2.67. The van der Waals surface area contributed by atoms with Gasteiger partial charge in [0.15, 0.2) is 6.10 Å². The zero-order chi connectivity index (χ0) is 21.0. The summed E-state index contributed by atoms with van der Waals surface area (Å²) < 4.78 is 10.9. The van der Waals surface area contributed by atoms with E-state index in [2.05, 4.69) is 15.3 Å². The molecule has 0 aliphatic carbocycles. The van der Waals surface area contributed by atoms with Crippen molar-refractivity contribution in [1.82, 2.24) is 9.97 Å². The van der Waals surface area contributed by atoms with E-state index in [4.69, 9.17) is 9.47 Å². The molecule has 0 fully saturated rings. The van der Waals surface area contributed by atoms with Gasteiger partial charge in [-0.3, -0.25) is 4.79 Å². The number of ether oxygens (including phenoxy) is 2. The molecule has 1 aromatic heterocycles. The minimum Gasteiger partial charge on any atom is -0.493 e. The average Bonchev–Trinajstić information content (AvgIpc) is 3.05. The van der Waals surface area contributed by atoms with Crippen LogP contribution >= 0.6 is 0 Å². The van der Waals surface area contributed by atoms with Crippen LogP contribution < -0.4 is 15.7 Å². The number of amides is 1. The maximum Gasteiger partial charge on any atom is 0.339 e. The van der Waals surface area contributed by atoms with Crippen LogP contribution in [0, 0.1) is 5.92 Å². The number of aromatic nitrogens is 2. The van der Waals surface area contributed by atoms with Crippen LogP contribution in [0.4, 0.5) is 5.69 Å². The monoisotopic (exact) mass is 397 g/mol. The molecule has 0 spiro atoms. The van der Waals surface area contributed by atoms with Crippen LogP contribution in [0.1, 0.15) is 31.1 Å². The van der Waals surface area contributed by atoms with Crippen molar-refractivity contribution in [3.63, 3.8) is 0 Å². The zero-order valence-electron chi connectivity index (χ0n) is 16.4. The number of rotatable bonds is 7. The third-order valence-corrected chi connectivity index (χ3v) is 4.09. The van der Waals surface area contributed by atoms with Crippen molar-refractivity contribution < 1.29 is 19.1 Å². The van der Waals surface area contributed by atoms with Gasteiger partial charge in [0.25, 0.3) is 5.91 Å². The second kappa shape index (κ2) is 8.64. The van der Waals surface area contributed by atoms with Gasteiger partial charge in [0.05, 0.1) is 23.2 Å². The predicted octanol–water partition coefficient (Wildman–Crippen LogP) is 3.08. The minimum atomic E-state index is -1.01. The van der Waals surface area contributed by atoms with E-state index in [1.807, 2.05) is 13.8 Å². The number of hydrogen-bond acceptors (Lipinski definition) is 5. The fourth-order valence-electron chi connectivity index (χ4n) is 2.61. The van der Waals surface area contributed by atoms with Gasteiger partial charge in [-0.05, 0) is 49.2 Å². The number of esters is 1. The Kier molecular flexibility index (Phi) is 6.01. The van der Waals surface area contributed by atoms with Crippen molar-refractivity contribution in [2.24, 2.45) is 5.92 Å². The molecule has 0 unspecified atom stereocenters. The number of fused-ring (bicyclic) bond motifs is 1. The first-order valence-electron chi connectivity index (χ1n) is 9.28. The van der Waals surface area contributed by atoms with Gasteiger partial charge in [-0.1, -0.05) is 19.9 Å². The molecule has 8 heteroatoms. The highest BCUT2D eigenvalue weighted by Gasteiger charge is 2.19. The van der Waals surface area contributed by atoms with Gasteiger partial charge in [-0.25, -0.2) is 9.59 Å². The molecular weight excluding hydrogens is 374 g/mol. The second-order valence-corrected chi connectivity index (χ2v) is 7.11. The fraction of sp³-hybridized carbons (Fsp3) is 0.286. The Morgan fingerprint density at radius 3 is 2.55 bits per heavy atom. The smallest absolute Gasteiger partial charge is 0.339 e. The zero-order valence-corrected chi connectivity index (χ0v) is 16.4. The third-order valence-electron chi connectivity index (χ3n) is 4.09. The van der Waals surface area contributed by atoms with Crippen LogP contribution in [0.3, 0.4) is 0 Å². The van der Waals surface area contributed by atoms with Crippen LogP contribution in [0.5, 0.6) is 5.75 Å². The summed E-state index contributed by atoms with van der Waals surface area (Å²) in [6.07, 6.45) is -1.01. The number of H-pyrrole nitrogens is 2. The van der Waals surface area contributed by atoms with Gasteiger partial charge in [-0.2, -0.15) is 0 Å². The molecule has 0 bridgehead atoms. The van der Waals surface area contributed by atoms with Gasteiger partial charge in [0.1, 0.15) is 5.75 Å². The van der Waals surface area contributed by atoms with Crippen LogP contribution in [-0.4, -0.2) is 34.6 Å². The molecule has 0 aliphatic rings. The van der Waals surface area contributed by atoms with E-state index in [1.54, 1.807) is 42.5 Å². The predicted molar refractivity (Wildman–Crippen MR) is 109 cm³/mol. The van der Waals surface area contributed by atoms with Crippen molar-refractivity contribution in [2.75, 3.05) is 11.9 Å². The lowest BCUT2D eigenvalue weighted by Gasteiger charge is -2.14. The molecule has 3 N–H and O–H groups in total. The summed E-state index contributed by atoms with van der Waals surface area (Å²) in [6, 6.07) is 11.6. The molecule has 0 saturated heterocycles. The van der Waals surface area contributed by atoms with Gasteiger partial charge in [0.2, 0.25) is 0 Å². The number of aromatic amines is 2. The van der Waals surface area contributed by atoms with E-state index in [1.165, 1.54) is 6.92 Å². The molecule has 8 nitrogen and oxygen atoms in total. The molecular formula is C21H23N3O5. The van der Waals surface area contributed by atoms with E-state index in [0.717, 1.165) is 0 Å². The van der Waals surface area contributed by atoms with Crippen LogP contribution in [0.2, 0.25) is 0 Å². The summed E-state index contributed by atoms with van der Waals surface area (Å²) in [4.78, 5) is 41.3. The Labute approximate surface area is 167 Å². The quantitative estimate of drug-likeness (QED) is 0.530. The average molecular weight is 397 g/mol. The first kappa shape index (κ1) is 20.2. The Morgan fingerprint density at radius 1 is 1.03 bits per heavy atom. The van der Waals surface area contributed by atoms with Crippen LogP contribution in [0.15, 0.2) is 47.3 Å². The number of imidazole rings is 1. The maximum atomic E-state index is 12.4. The maximum absolute atomic E-state index is 12.4. The molecule has 3 aromatic rings. The lowest BCUT2D eigenvalue weighted by Crippen LogP contribution is -2.30. The molecule has 29 heavy (non-hydrogen) atoms. The lowest BCUT2D eigenvalue weighted by atomic mass is 10.2. The standard InChI is InChI=1S/C21H23N3O5/c1-12(2)11-28-16-6-4-5-14(9-16)20(26)29-13(3)19(25)22-15-7-8-17-18(10-15)24-21(27)23-17/h4-10,12-13H,11H2,1-3H3,(H,22,25)(H2,23,24,27)/t13-/m1/s1. The van der Waals surface area contributed by atoms with E-state index in [0.29, 0.717) is 40.6 Å². The topological polar surface area (TPSA) is 113 Å². The Morgan fingerprint density at radius 2 is 1.79 bits per heavy atom. The summed E-state index contributed by atoms with van der Waals surface area (Å²) >= 11 is 0. The second-order valence-electron chi connectivity index (χ2n) is 7.11. The van der Waals surface area contributed by atoms with Crippen molar-refractivity contribution in [3.8, 4) is 5.75 Å². The van der Waals surface area contributed by atoms with Gasteiger partial charge < -0.3 is 24.8 Å². The summed E-state index contributed by atoms with van der Waals surface area (Å²) in [5.41, 5.74) is 1.65. The molecule has 152 valence electrons. The van der Waals surface area contributed by atoms with E-state index < -0.39 is 18.0 Å². The first-order valence-corrected chi connectivity index (χ1v) is 9.28. The van der Waals surface area contributed by atoms with Crippen molar-refractivity contribution in [3.05, 3.63) is 58.5 Å². The molecule has 2 aromatic carbocycles. The summed E-state index contributed by atoms with van der Waals surface area (Å²) in [6.45, 7) is 6.09. The fourth-order valence-corrected chi connectivity index (χ4v) is 2.61. The van der Waals surface area contributed by atoms with E-state index >= 15 is 0 Å². The SMILES string of the molecule is CC(C)COc1cccc(C(=O)O[C@H](C)C(=O)Nc2ccc3[nH]c(=O)[nH]c3c2)c1. The molecule has 0 radical (unpaired) electrons. The summed E-state index contributed by atoms with van der Waals surface area (Å²) in [5.74, 6) is -0.174. The molecule has 1 heterocycles. The number of benzene rings is 2. The van der Waals surface area contributed by atoms with Gasteiger partial charge in [-0.15, -0.1) is 0 Å². The Hall–Kier alpha value is -3.55. The normalized spacial score (nSPS) is 12.0. The Balaban J connectivity index is 1.61. The largest absolute Gasteiger partial charge is 0.493 e. The van der Waals surface area contributed by atoms with Crippen molar-refractivity contribution >= 4 is 28.6 Å². The number of hydrogen-bond donors (Lipinski definition) is 3. The lowest BCUT2D eigenvalue weighted by molar-refractivity contribution is -0.123. The van der Waals surface area contributed by atoms with E-state index in [-0.39, 0.29) is 5.69 Å². The number of anilines is 1. The van der Waals surface area contributed by atoms with E-state index in [9.17, 15) is 14.4 Å². The molecule has 0 aliphatic heterocycles. The van der Waals surface area contributed by atoms with Crippen LogP contribution in [0.25, 0.3) is 11.0 Å². The van der Waals surface area contributed by atoms with Gasteiger partial charge >= 0.3 is 11.7 Å². The molecule has 3 rings (SSSR count). The van der Waals surface area contributed by atoms with Crippen molar-refractivity contribution in [1.29, 1.82) is 0 Å². The minimum absolute atomic E-state index is 0.303. The van der Waals surface area contributed by atoms with Gasteiger partial charge in [0, 0.05) is 5.69 Å². The highest BCUT2D eigenvalue weighted by Crippen LogP contribution is 2.17. The Bertz CT molecular complexity index is 1080. The molecule has 1 atom stereocenters. The van der Waals surface area contributed by atoms with Crippen molar-refractivity contribution in [2.45, 2.75) is 26.9 Å². The highest BCUT2D eigenvalue weighted by atomic mass is 16.5. The highest BCUT2D eigenvalue weighted by molar-refractivity contribution is 5.98. The number of carbonyl (C=O) groups is 2.